The summed E-state index contributed by atoms with van der Waals surface area (Å²) in [6, 6.07) is 3.33. The standard InChI is InChI=1S/C12H19NO4S3/c1-9(2)8-19(14,15)11-6-13(7-11)20(16,17)12-5-4-10(3)18-12/h4-5,9,11H,6-8H2,1-3H3. The number of nitrogens with zero attached hydrogens (tertiary/aromatic N) is 1. The van der Waals surface area contributed by atoms with Crippen LogP contribution in [0.2, 0.25) is 0 Å². The Labute approximate surface area is 124 Å². The Hall–Kier alpha value is -0.440. The molecule has 1 aliphatic heterocycles. The number of sulfonamides is 1. The van der Waals surface area contributed by atoms with E-state index in [1.165, 1.54) is 15.6 Å². The second-order valence-corrected chi connectivity index (χ2v) is 11.3. The molecular formula is C12H19NO4S3. The van der Waals surface area contributed by atoms with Crippen LogP contribution in [0.25, 0.3) is 0 Å². The van der Waals surface area contributed by atoms with Gasteiger partial charge in [-0.15, -0.1) is 11.3 Å². The molecule has 5 nitrogen and oxygen atoms in total. The largest absolute Gasteiger partial charge is 0.252 e. The van der Waals surface area contributed by atoms with Crippen LogP contribution in [0.1, 0.15) is 18.7 Å². The molecular weight excluding hydrogens is 318 g/mol. The smallest absolute Gasteiger partial charge is 0.228 e. The van der Waals surface area contributed by atoms with Crippen LogP contribution in [0.3, 0.4) is 0 Å². The van der Waals surface area contributed by atoms with Gasteiger partial charge >= 0.3 is 0 Å². The van der Waals surface area contributed by atoms with Gasteiger partial charge in [0.1, 0.15) is 4.21 Å². The van der Waals surface area contributed by atoms with Gasteiger partial charge in [0, 0.05) is 18.0 Å². The van der Waals surface area contributed by atoms with Crippen LogP contribution in [0.4, 0.5) is 0 Å². The average molecular weight is 337 g/mol. The van der Waals surface area contributed by atoms with Crippen LogP contribution in [0.15, 0.2) is 16.3 Å². The van der Waals surface area contributed by atoms with Gasteiger partial charge < -0.3 is 0 Å². The molecule has 1 saturated heterocycles. The summed E-state index contributed by atoms with van der Waals surface area (Å²) in [4.78, 5) is 0.924. The first-order valence-corrected chi connectivity index (χ1v) is 10.4. The van der Waals surface area contributed by atoms with Crippen molar-refractivity contribution in [2.75, 3.05) is 18.8 Å². The van der Waals surface area contributed by atoms with Gasteiger partial charge in [-0.3, -0.25) is 0 Å². The molecule has 0 saturated carbocycles. The summed E-state index contributed by atoms with van der Waals surface area (Å²) >= 11 is 1.21. The van der Waals surface area contributed by atoms with Gasteiger partial charge in [0.05, 0.1) is 11.0 Å². The Morgan fingerprint density at radius 1 is 1.25 bits per heavy atom. The first-order chi connectivity index (χ1) is 9.13. The van der Waals surface area contributed by atoms with Gasteiger partial charge in [0.25, 0.3) is 10.0 Å². The zero-order chi connectivity index (χ0) is 15.1. The summed E-state index contributed by atoms with van der Waals surface area (Å²) in [5.41, 5.74) is 0. The highest BCUT2D eigenvalue weighted by Gasteiger charge is 2.43. The maximum absolute atomic E-state index is 12.3. The number of aryl methyl sites for hydroxylation is 1. The highest BCUT2D eigenvalue weighted by Crippen LogP contribution is 2.29. The molecule has 0 aromatic carbocycles. The minimum atomic E-state index is -3.52. The van der Waals surface area contributed by atoms with Gasteiger partial charge in [-0.1, -0.05) is 13.8 Å². The van der Waals surface area contributed by atoms with E-state index in [0.717, 1.165) is 4.88 Å². The average Bonchev–Trinajstić information content (AvgIpc) is 2.59. The molecule has 1 aromatic rings. The zero-order valence-corrected chi connectivity index (χ0v) is 14.2. The van der Waals surface area contributed by atoms with Crippen LogP contribution in [0.5, 0.6) is 0 Å². The molecule has 0 N–H and O–H groups in total. The first-order valence-electron chi connectivity index (χ1n) is 6.41. The van der Waals surface area contributed by atoms with Gasteiger partial charge in [0.15, 0.2) is 9.84 Å². The molecule has 1 fully saturated rings. The fourth-order valence-electron chi connectivity index (χ4n) is 2.10. The monoisotopic (exact) mass is 337 g/mol. The van der Waals surface area contributed by atoms with Crippen LogP contribution >= 0.6 is 11.3 Å². The van der Waals surface area contributed by atoms with Crippen molar-refractivity contribution in [2.45, 2.75) is 30.2 Å². The third-order valence-electron chi connectivity index (χ3n) is 3.20. The van der Waals surface area contributed by atoms with Crippen LogP contribution < -0.4 is 0 Å². The lowest BCUT2D eigenvalue weighted by Crippen LogP contribution is -2.57. The number of sulfone groups is 1. The molecule has 8 heteroatoms. The van der Waals surface area contributed by atoms with Crippen molar-refractivity contribution in [1.29, 1.82) is 0 Å². The molecule has 1 aromatic heterocycles. The Morgan fingerprint density at radius 2 is 1.85 bits per heavy atom. The number of hydrogen-bond donors (Lipinski definition) is 0. The maximum Gasteiger partial charge on any atom is 0.252 e. The van der Waals surface area contributed by atoms with E-state index in [1.807, 2.05) is 20.8 Å². The topological polar surface area (TPSA) is 71.5 Å². The lowest BCUT2D eigenvalue weighted by atomic mass is 10.3. The lowest BCUT2D eigenvalue weighted by molar-refractivity contribution is 0.310. The normalized spacial score (nSPS) is 18.4. The van der Waals surface area contributed by atoms with Crippen LogP contribution in [-0.4, -0.2) is 45.2 Å². The van der Waals surface area contributed by atoms with Gasteiger partial charge in [-0.25, -0.2) is 16.8 Å². The molecule has 0 amide bonds. The molecule has 2 rings (SSSR count). The van der Waals surface area contributed by atoms with Crippen LogP contribution in [-0.2, 0) is 19.9 Å². The number of hydrogen-bond acceptors (Lipinski definition) is 5. The van der Waals surface area contributed by atoms with E-state index in [0.29, 0.717) is 0 Å². The first kappa shape index (κ1) is 15.9. The zero-order valence-electron chi connectivity index (χ0n) is 11.7. The predicted molar refractivity (Wildman–Crippen MR) is 80.2 cm³/mol. The van der Waals surface area contributed by atoms with Gasteiger partial charge in [-0.2, -0.15) is 4.31 Å². The Kier molecular flexibility index (Phi) is 4.30. The Morgan fingerprint density at radius 3 is 2.30 bits per heavy atom. The van der Waals surface area contributed by atoms with Crippen molar-refractivity contribution in [3.8, 4) is 0 Å². The summed E-state index contributed by atoms with van der Waals surface area (Å²) in [6.45, 7) is 5.69. The lowest BCUT2D eigenvalue weighted by Gasteiger charge is -2.37. The van der Waals surface area contributed by atoms with E-state index >= 15 is 0 Å². The second kappa shape index (κ2) is 5.40. The maximum atomic E-state index is 12.3. The predicted octanol–water partition coefficient (Wildman–Crippen LogP) is 1.50. The van der Waals surface area contributed by atoms with E-state index in [4.69, 9.17) is 0 Å². The van der Waals surface area contributed by atoms with E-state index in [1.54, 1.807) is 12.1 Å². The third-order valence-corrected chi connectivity index (χ3v) is 8.94. The van der Waals surface area contributed by atoms with E-state index in [9.17, 15) is 16.8 Å². The van der Waals surface area contributed by atoms with Crippen molar-refractivity contribution >= 4 is 31.2 Å². The molecule has 1 aliphatic rings. The summed E-state index contributed by atoms with van der Waals surface area (Å²) < 4.78 is 50.1. The van der Waals surface area contributed by atoms with Gasteiger partial charge in [-0.05, 0) is 25.0 Å². The fourth-order valence-corrected chi connectivity index (χ4v) is 7.28. The quantitative estimate of drug-likeness (QED) is 0.816. The summed E-state index contributed by atoms with van der Waals surface area (Å²) in [5, 5.41) is -0.555. The molecule has 0 radical (unpaired) electrons. The van der Waals surface area contributed by atoms with E-state index < -0.39 is 25.1 Å². The van der Waals surface area contributed by atoms with Crippen molar-refractivity contribution in [1.82, 2.24) is 4.31 Å². The Bertz CT molecular complexity index is 682. The van der Waals surface area contributed by atoms with E-state index in [2.05, 4.69) is 0 Å². The molecule has 2 heterocycles. The number of thiophene rings is 1. The highest BCUT2D eigenvalue weighted by atomic mass is 32.2. The summed E-state index contributed by atoms with van der Waals surface area (Å²) in [6.07, 6.45) is 0. The van der Waals surface area contributed by atoms with Gasteiger partial charge in [0.2, 0.25) is 0 Å². The molecule has 0 aliphatic carbocycles. The molecule has 114 valence electrons. The number of rotatable bonds is 5. The SMILES string of the molecule is Cc1ccc(S(=O)(=O)N2CC(S(=O)(=O)CC(C)C)C2)s1. The summed E-state index contributed by atoms with van der Waals surface area (Å²) in [7, 11) is -6.71. The second-order valence-electron chi connectivity index (χ2n) is 5.53. The minimum absolute atomic E-state index is 0.0607. The highest BCUT2D eigenvalue weighted by molar-refractivity contribution is 7.93. The van der Waals surface area contributed by atoms with E-state index in [-0.39, 0.29) is 29.0 Å². The molecule has 0 unspecified atom stereocenters. The minimum Gasteiger partial charge on any atom is -0.228 e. The third kappa shape index (κ3) is 3.08. The summed E-state index contributed by atoms with van der Waals surface area (Å²) in [5.74, 6) is 0.175. The van der Waals surface area contributed by atoms with Crippen molar-refractivity contribution < 1.29 is 16.8 Å². The van der Waals surface area contributed by atoms with Crippen molar-refractivity contribution in [3.05, 3.63) is 17.0 Å². The molecule has 0 bridgehead atoms. The fraction of sp³-hybridized carbons (Fsp3) is 0.667. The van der Waals surface area contributed by atoms with Crippen molar-refractivity contribution in [2.24, 2.45) is 5.92 Å². The molecule has 0 atom stereocenters. The van der Waals surface area contributed by atoms with Crippen molar-refractivity contribution in [3.63, 3.8) is 0 Å². The Balaban J connectivity index is 2.07. The molecule has 20 heavy (non-hydrogen) atoms. The molecule has 0 spiro atoms. The van der Waals surface area contributed by atoms with Crippen LogP contribution in [0, 0.1) is 12.8 Å².